The highest BCUT2D eigenvalue weighted by atomic mass is 16.5. The molecule has 0 aromatic carbocycles. The van der Waals surface area contributed by atoms with Crippen molar-refractivity contribution in [1.29, 1.82) is 0 Å². The van der Waals surface area contributed by atoms with Gasteiger partial charge >= 0.3 is 0 Å². The molecule has 2 aliphatic rings. The van der Waals surface area contributed by atoms with E-state index in [1.807, 2.05) is 30.7 Å². The van der Waals surface area contributed by atoms with E-state index in [9.17, 15) is 0 Å². The van der Waals surface area contributed by atoms with Crippen LogP contribution in [0.1, 0.15) is 36.4 Å². The summed E-state index contributed by atoms with van der Waals surface area (Å²) in [6.07, 6.45) is 8.93. The zero-order chi connectivity index (χ0) is 16.9. The topological polar surface area (TPSA) is 56.3 Å². The Bertz CT molecular complexity index is 668. The van der Waals surface area contributed by atoms with Gasteiger partial charge in [0, 0.05) is 54.7 Å². The molecule has 132 valence electrons. The summed E-state index contributed by atoms with van der Waals surface area (Å²) in [6.45, 7) is 3.20. The zero-order valence-corrected chi connectivity index (χ0v) is 14.4. The molecule has 2 aromatic heterocycles. The Morgan fingerprint density at radius 1 is 1.20 bits per heavy atom. The smallest absolute Gasteiger partial charge is 0.142 e. The van der Waals surface area contributed by atoms with Crippen LogP contribution < -0.4 is 10.1 Å². The molecule has 25 heavy (non-hydrogen) atoms. The van der Waals surface area contributed by atoms with Crippen LogP contribution in [0.3, 0.4) is 0 Å². The number of nitrogens with zero attached hydrogens (tertiary/aromatic N) is 2. The van der Waals surface area contributed by atoms with Crippen molar-refractivity contribution in [1.82, 2.24) is 15.3 Å². The van der Waals surface area contributed by atoms with Gasteiger partial charge in [0.2, 0.25) is 0 Å². The Balaban J connectivity index is 1.26. The third-order valence-electron chi connectivity index (χ3n) is 5.19. The van der Waals surface area contributed by atoms with Gasteiger partial charge in [-0.25, -0.2) is 0 Å². The molecule has 2 aromatic rings. The fraction of sp³-hybridized carbons (Fsp3) is 0.500. The summed E-state index contributed by atoms with van der Waals surface area (Å²) in [5.41, 5.74) is 2.39. The molecule has 0 spiro atoms. The number of aromatic nitrogens is 2. The summed E-state index contributed by atoms with van der Waals surface area (Å²) in [4.78, 5) is 8.67. The van der Waals surface area contributed by atoms with Crippen LogP contribution in [0.2, 0.25) is 0 Å². The number of nitrogens with one attached hydrogen (secondary N) is 1. The van der Waals surface area contributed by atoms with E-state index in [4.69, 9.17) is 9.47 Å². The Kier molecular flexibility index (Phi) is 5.23. The lowest BCUT2D eigenvalue weighted by atomic mass is 9.78. The van der Waals surface area contributed by atoms with Crippen LogP contribution in [0, 0.1) is 5.92 Å². The van der Waals surface area contributed by atoms with E-state index < -0.39 is 0 Å². The van der Waals surface area contributed by atoms with Gasteiger partial charge in [-0.05, 0) is 37.5 Å². The molecule has 5 heteroatoms. The minimum Gasteiger partial charge on any atom is -0.491 e. The van der Waals surface area contributed by atoms with Crippen molar-refractivity contribution in [2.75, 3.05) is 19.8 Å². The summed E-state index contributed by atoms with van der Waals surface area (Å²) < 4.78 is 11.4. The molecule has 1 saturated heterocycles. The van der Waals surface area contributed by atoms with E-state index in [0.717, 1.165) is 44.8 Å². The fourth-order valence-corrected chi connectivity index (χ4v) is 3.50. The van der Waals surface area contributed by atoms with Crippen LogP contribution in [-0.2, 0) is 11.3 Å². The first-order valence-corrected chi connectivity index (χ1v) is 9.16. The Morgan fingerprint density at radius 3 is 2.96 bits per heavy atom. The van der Waals surface area contributed by atoms with Gasteiger partial charge in [-0.3, -0.25) is 9.97 Å². The Labute approximate surface area is 148 Å². The molecule has 3 heterocycles. The molecule has 1 saturated carbocycles. The third kappa shape index (κ3) is 4.17. The maximum Gasteiger partial charge on any atom is 0.142 e. The van der Waals surface area contributed by atoms with E-state index in [2.05, 4.69) is 27.4 Å². The highest BCUT2D eigenvalue weighted by Gasteiger charge is 2.30. The van der Waals surface area contributed by atoms with Crippen molar-refractivity contribution in [3.05, 3.63) is 54.1 Å². The SMILES string of the molecule is c1ccc(C2CC(NCc3ccncc3OCC3CCOC3)C2)nc1. The summed E-state index contributed by atoms with van der Waals surface area (Å²) >= 11 is 0. The molecule has 1 unspecified atom stereocenters. The lowest BCUT2D eigenvalue weighted by molar-refractivity contribution is 0.166. The molecule has 1 aliphatic carbocycles. The minimum absolute atomic E-state index is 0.506. The van der Waals surface area contributed by atoms with Gasteiger partial charge in [0.25, 0.3) is 0 Å². The lowest BCUT2D eigenvalue weighted by Gasteiger charge is -2.35. The average Bonchev–Trinajstić information content (AvgIpc) is 3.14. The number of pyridine rings is 2. The van der Waals surface area contributed by atoms with Gasteiger partial charge in [-0.1, -0.05) is 6.07 Å². The van der Waals surface area contributed by atoms with E-state index in [1.165, 1.54) is 11.3 Å². The molecule has 0 amide bonds. The average molecular weight is 339 g/mol. The monoisotopic (exact) mass is 339 g/mol. The Morgan fingerprint density at radius 2 is 2.16 bits per heavy atom. The van der Waals surface area contributed by atoms with Crippen LogP contribution in [0.25, 0.3) is 0 Å². The summed E-state index contributed by atoms with van der Waals surface area (Å²) in [5, 5.41) is 3.64. The van der Waals surface area contributed by atoms with Gasteiger partial charge in [-0.2, -0.15) is 0 Å². The zero-order valence-electron chi connectivity index (χ0n) is 14.4. The quantitative estimate of drug-likeness (QED) is 0.840. The summed E-state index contributed by atoms with van der Waals surface area (Å²) in [7, 11) is 0. The van der Waals surface area contributed by atoms with Gasteiger partial charge in [0.15, 0.2) is 0 Å². The number of rotatable bonds is 7. The van der Waals surface area contributed by atoms with E-state index in [-0.39, 0.29) is 0 Å². The first-order valence-electron chi connectivity index (χ1n) is 9.16. The first kappa shape index (κ1) is 16.5. The second kappa shape index (κ2) is 7.93. The van der Waals surface area contributed by atoms with Crippen molar-refractivity contribution < 1.29 is 9.47 Å². The van der Waals surface area contributed by atoms with Gasteiger partial charge in [0.05, 0.1) is 19.4 Å². The number of ether oxygens (including phenoxy) is 2. The predicted molar refractivity (Wildman–Crippen MR) is 95.5 cm³/mol. The maximum atomic E-state index is 6.00. The molecule has 0 bridgehead atoms. The van der Waals surface area contributed by atoms with Crippen molar-refractivity contribution in [2.45, 2.75) is 37.8 Å². The number of hydrogen-bond donors (Lipinski definition) is 1. The fourth-order valence-electron chi connectivity index (χ4n) is 3.50. The molecule has 1 aliphatic heterocycles. The molecule has 5 nitrogen and oxygen atoms in total. The second-order valence-corrected chi connectivity index (χ2v) is 7.02. The van der Waals surface area contributed by atoms with Crippen LogP contribution in [0.4, 0.5) is 0 Å². The van der Waals surface area contributed by atoms with Crippen molar-refractivity contribution >= 4 is 0 Å². The predicted octanol–water partition coefficient (Wildman–Crippen LogP) is 2.93. The standard InChI is InChI=1S/C20H25N3O2/c1-2-6-22-19(3-1)17-9-18(10-17)23-11-16-4-7-21-12-20(16)25-14-15-5-8-24-13-15/h1-4,6-7,12,15,17-18,23H,5,8-11,13-14H2. The molecular formula is C20H25N3O2. The Hall–Kier alpha value is -1.98. The third-order valence-corrected chi connectivity index (χ3v) is 5.19. The molecule has 1 atom stereocenters. The summed E-state index contributed by atoms with van der Waals surface area (Å²) in [5.74, 6) is 1.99. The highest BCUT2D eigenvalue weighted by Crippen LogP contribution is 2.36. The van der Waals surface area contributed by atoms with Crippen molar-refractivity contribution in [3.8, 4) is 5.75 Å². The van der Waals surface area contributed by atoms with Gasteiger partial charge in [0.1, 0.15) is 5.75 Å². The van der Waals surface area contributed by atoms with Crippen molar-refractivity contribution in [3.63, 3.8) is 0 Å². The van der Waals surface area contributed by atoms with E-state index >= 15 is 0 Å². The summed E-state index contributed by atoms with van der Waals surface area (Å²) in [6, 6.07) is 8.76. The normalized spacial score (nSPS) is 25.5. The van der Waals surface area contributed by atoms with Crippen LogP contribution in [-0.4, -0.2) is 35.8 Å². The largest absolute Gasteiger partial charge is 0.491 e. The lowest BCUT2D eigenvalue weighted by Crippen LogP contribution is -2.39. The highest BCUT2D eigenvalue weighted by molar-refractivity contribution is 5.30. The first-order chi connectivity index (χ1) is 12.4. The van der Waals surface area contributed by atoms with Gasteiger partial charge in [-0.15, -0.1) is 0 Å². The van der Waals surface area contributed by atoms with Crippen LogP contribution in [0.15, 0.2) is 42.9 Å². The van der Waals surface area contributed by atoms with Gasteiger partial charge < -0.3 is 14.8 Å². The minimum atomic E-state index is 0.506. The molecule has 4 rings (SSSR count). The van der Waals surface area contributed by atoms with Crippen LogP contribution >= 0.6 is 0 Å². The number of hydrogen-bond acceptors (Lipinski definition) is 5. The molecule has 2 fully saturated rings. The molecular weight excluding hydrogens is 314 g/mol. The maximum absolute atomic E-state index is 6.00. The molecule has 0 radical (unpaired) electrons. The van der Waals surface area contributed by atoms with Crippen LogP contribution in [0.5, 0.6) is 5.75 Å². The van der Waals surface area contributed by atoms with E-state index in [1.54, 1.807) is 0 Å². The second-order valence-electron chi connectivity index (χ2n) is 7.02. The van der Waals surface area contributed by atoms with E-state index in [0.29, 0.717) is 24.5 Å². The van der Waals surface area contributed by atoms with Crippen molar-refractivity contribution in [2.24, 2.45) is 5.92 Å². The molecule has 1 N–H and O–H groups in total.